The molecule has 2 N–H and O–H groups in total. The first-order valence-corrected chi connectivity index (χ1v) is 7.78. The Morgan fingerprint density at radius 3 is 2.91 bits per heavy atom. The van der Waals surface area contributed by atoms with Crippen LogP contribution in [-0.2, 0) is 6.54 Å². The SMILES string of the molecule is O=C(NCCO)c1cc2sccc2n1Cc1ccccc1F. The second-order valence-corrected chi connectivity index (χ2v) is 5.80. The molecule has 3 rings (SSSR count). The Labute approximate surface area is 130 Å². The number of benzene rings is 1. The number of carbonyl (C=O) groups is 1. The van der Waals surface area contributed by atoms with Crippen LogP contribution in [0.15, 0.2) is 41.8 Å². The molecule has 1 amide bonds. The molecular weight excluding hydrogens is 303 g/mol. The van der Waals surface area contributed by atoms with Crippen molar-refractivity contribution in [1.29, 1.82) is 0 Å². The van der Waals surface area contributed by atoms with Gasteiger partial charge in [0.2, 0.25) is 0 Å². The number of fused-ring (bicyclic) bond motifs is 1. The summed E-state index contributed by atoms with van der Waals surface area (Å²) in [5.74, 6) is -0.560. The number of hydrogen-bond acceptors (Lipinski definition) is 3. The minimum atomic E-state index is -0.290. The molecule has 0 atom stereocenters. The molecule has 2 heterocycles. The van der Waals surface area contributed by atoms with Crippen LogP contribution >= 0.6 is 11.3 Å². The van der Waals surface area contributed by atoms with Crippen molar-refractivity contribution in [3.05, 3.63) is 58.9 Å². The summed E-state index contributed by atoms with van der Waals surface area (Å²) in [6.45, 7) is 0.361. The fourth-order valence-corrected chi connectivity index (χ4v) is 3.21. The van der Waals surface area contributed by atoms with Crippen LogP contribution in [0.4, 0.5) is 4.39 Å². The largest absolute Gasteiger partial charge is 0.395 e. The minimum absolute atomic E-state index is 0.117. The smallest absolute Gasteiger partial charge is 0.268 e. The van der Waals surface area contributed by atoms with Crippen LogP contribution in [0, 0.1) is 5.82 Å². The van der Waals surface area contributed by atoms with Crippen molar-refractivity contribution < 1.29 is 14.3 Å². The number of thiophene rings is 1. The molecule has 0 bridgehead atoms. The molecule has 4 nitrogen and oxygen atoms in total. The van der Waals surface area contributed by atoms with Gasteiger partial charge in [0.25, 0.3) is 5.91 Å². The summed E-state index contributed by atoms with van der Waals surface area (Å²) in [7, 11) is 0. The van der Waals surface area contributed by atoms with Gasteiger partial charge in [0.1, 0.15) is 11.5 Å². The molecule has 6 heteroatoms. The van der Waals surface area contributed by atoms with Crippen molar-refractivity contribution in [3.8, 4) is 0 Å². The number of rotatable bonds is 5. The molecule has 114 valence electrons. The van der Waals surface area contributed by atoms with E-state index < -0.39 is 0 Å². The maximum absolute atomic E-state index is 13.9. The molecule has 0 saturated carbocycles. The second-order valence-electron chi connectivity index (χ2n) is 4.86. The van der Waals surface area contributed by atoms with Crippen LogP contribution in [0.25, 0.3) is 10.2 Å². The summed E-state index contributed by atoms with van der Waals surface area (Å²) in [6.07, 6.45) is 0. The number of halogens is 1. The summed E-state index contributed by atoms with van der Waals surface area (Å²) in [6, 6.07) is 10.3. The fraction of sp³-hybridized carbons (Fsp3) is 0.188. The highest BCUT2D eigenvalue weighted by molar-refractivity contribution is 7.17. The molecule has 1 aromatic carbocycles. The van der Waals surface area contributed by atoms with Crippen molar-refractivity contribution in [1.82, 2.24) is 9.88 Å². The Kier molecular flexibility index (Phi) is 4.22. The number of carbonyl (C=O) groups excluding carboxylic acids is 1. The van der Waals surface area contributed by atoms with Crippen LogP contribution in [0.2, 0.25) is 0 Å². The van der Waals surface area contributed by atoms with Gasteiger partial charge in [-0.3, -0.25) is 4.79 Å². The molecule has 0 aliphatic carbocycles. The number of amides is 1. The summed E-state index contributed by atoms with van der Waals surface area (Å²) in [5, 5.41) is 13.4. The lowest BCUT2D eigenvalue weighted by Gasteiger charge is -2.11. The number of hydrogen-bond donors (Lipinski definition) is 2. The normalized spacial score (nSPS) is 11.0. The van der Waals surface area contributed by atoms with Crippen LogP contribution < -0.4 is 5.32 Å². The van der Waals surface area contributed by atoms with E-state index >= 15 is 0 Å². The molecule has 0 radical (unpaired) electrons. The summed E-state index contributed by atoms with van der Waals surface area (Å²) < 4.78 is 16.7. The fourth-order valence-electron chi connectivity index (χ4n) is 2.39. The number of aromatic nitrogens is 1. The van der Waals surface area contributed by atoms with Gasteiger partial charge in [-0.2, -0.15) is 0 Å². The van der Waals surface area contributed by atoms with Gasteiger partial charge in [-0.1, -0.05) is 18.2 Å². The van der Waals surface area contributed by atoms with E-state index in [-0.39, 0.29) is 31.4 Å². The molecular formula is C16H15FN2O2S. The monoisotopic (exact) mass is 318 g/mol. The van der Waals surface area contributed by atoms with E-state index in [1.807, 2.05) is 11.4 Å². The zero-order valence-corrected chi connectivity index (χ0v) is 12.6. The number of nitrogens with zero attached hydrogens (tertiary/aromatic N) is 1. The third-order valence-corrected chi connectivity index (χ3v) is 4.29. The number of nitrogens with one attached hydrogen (secondary N) is 1. The highest BCUT2D eigenvalue weighted by Gasteiger charge is 2.17. The van der Waals surface area contributed by atoms with Gasteiger partial charge in [0.05, 0.1) is 23.4 Å². The molecule has 0 unspecified atom stereocenters. The molecule has 3 aromatic rings. The lowest BCUT2D eigenvalue weighted by atomic mass is 10.2. The van der Waals surface area contributed by atoms with Crippen LogP contribution in [-0.4, -0.2) is 28.7 Å². The average molecular weight is 318 g/mol. The van der Waals surface area contributed by atoms with Crippen molar-refractivity contribution in [3.63, 3.8) is 0 Å². The zero-order valence-electron chi connectivity index (χ0n) is 11.8. The Morgan fingerprint density at radius 2 is 2.14 bits per heavy atom. The van der Waals surface area contributed by atoms with E-state index in [0.29, 0.717) is 11.3 Å². The van der Waals surface area contributed by atoms with Gasteiger partial charge in [-0.25, -0.2) is 4.39 Å². The van der Waals surface area contributed by atoms with Gasteiger partial charge in [0, 0.05) is 12.1 Å². The predicted octanol–water partition coefficient (Wildman–Crippen LogP) is 2.61. The van der Waals surface area contributed by atoms with E-state index in [0.717, 1.165) is 10.2 Å². The lowest BCUT2D eigenvalue weighted by molar-refractivity contribution is 0.0936. The first-order valence-electron chi connectivity index (χ1n) is 6.90. The third-order valence-electron chi connectivity index (χ3n) is 3.44. The predicted molar refractivity (Wildman–Crippen MR) is 84.7 cm³/mol. The van der Waals surface area contributed by atoms with E-state index in [1.165, 1.54) is 17.4 Å². The Hall–Kier alpha value is -2.18. The summed E-state index contributed by atoms with van der Waals surface area (Å²) >= 11 is 1.53. The topological polar surface area (TPSA) is 54.3 Å². The first kappa shape index (κ1) is 14.7. The Morgan fingerprint density at radius 1 is 1.32 bits per heavy atom. The molecule has 2 aromatic heterocycles. The lowest BCUT2D eigenvalue weighted by Crippen LogP contribution is -2.28. The molecule has 0 spiro atoms. The maximum atomic E-state index is 13.9. The maximum Gasteiger partial charge on any atom is 0.268 e. The van der Waals surface area contributed by atoms with Crippen LogP contribution in [0.5, 0.6) is 0 Å². The molecule has 22 heavy (non-hydrogen) atoms. The van der Waals surface area contributed by atoms with Crippen molar-refractivity contribution in [2.75, 3.05) is 13.2 Å². The van der Waals surface area contributed by atoms with Gasteiger partial charge in [-0.15, -0.1) is 11.3 Å². The Bertz CT molecular complexity index is 809. The van der Waals surface area contributed by atoms with E-state index in [9.17, 15) is 9.18 Å². The second kappa shape index (κ2) is 6.29. The van der Waals surface area contributed by atoms with Crippen molar-refractivity contribution in [2.24, 2.45) is 0 Å². The molecule has 0 aliphatic rings. The van der Waals surface area contributed by atoms with E-state index in [2.05, 4.69) is 5.32 Å². The zero-order chi connectivity index (χ0) is 15.5. The number of aliphatic hydroxyl groups is 1. The number of aliphatic hydroxyl groups excluding tert-OH is 1. The quantitative estimate of drug-likeness (QED) is 0.760. The van der Waals surface area contributed by atoms with Gasteiger partial charge in [0.15, 0.2) is 0 Å². The highest BCUT2D eigenvalue weighted by Crippen LogP contribution is 2.26. The summed E-state index contributed by atoms with van der Waals surface area (Å²) in [4.78, 5) is 12.2. The van der Waals surface area contributed by atoms with E-state index in [1.54, 1.807) is 28.8 Å². The standard InChI is InChI=1S/C16H15FN2O2S/c17-12-4-2-1-3-11(12)10-19-13-5-8-22-15(13)9-14(19)16(21)18-6-7-20/h1-5,8-9,20H,6-7,10H2,(H,18,21). The first-order chi connectivity index (χ1) is 10.7. The van der Waals surface area contributed by atoms with Crippen LogP contribution in [0.1, 0.15) is 16.1 Å². The third kappa shape index (κ3) is 2.75. The Balaban J connectivity index is 2.01. The summed E-state index contributed by atoms with van der Waals surface area (Å²) in [5.41, 5.74) is 1.91. The van der Waals surface area contributed by atoms with Crippen LogP contribution in [0.3, 0.4) is 0 Å². The van der Waals surface area contributed by atoms with Gasteiger partial charge in [-0.05, 0) is 23.6 Å². The van der Waals surface area contributed by atoms with Gasteiger partial charge >= 0.3 is 0 Å². The average Bonchev–Trinajstić information content (AvgIpc) is 3.09. The molecule has 0 aliphatic heterocycles. The molecule has 0 fully saturated rings. The molecule has 0 saturated heterocycles. The van der Waals surface area contributed by atoms with Crippen molar-refractivity contribution in [2.45, 2.75) is 6.54 Å². The highest BCUT2D eigenvalue weighted by atomic mass is 32.1. The van der Waals surface area contributed by atoms with E-state index in [4.69, 9.17) is 5.11 Å². The van der Waals surface area contributed by atoms with Gasteiger partial charge < -0.3 is 15.0 Å². The minimum Gasteiger partial charge on any atom is -0.395 e. The van der Waals surface area contributed by atoms with Crippen molar-refractivity contribution >= 4 is 27.5 Å².